The van der Waals surface area contributed by atoms with E-state index in [2.05, 4.69) is 12.2 Å². The van der Waals surface area contributed by atoms with E-state index in [1.807, 2.05) is 17.5 Å². The van der Waals surface area contributed by atoms with Crippen LogP contribution in [0.5, 0.6) is 0 Å². The summed E-state index contributed by atoms with van der Waals surface area (Å²) < 4.78 is 0. The van der Waals surface area contributed by atoms with Gasteiger partial charge in [-0.2, -0.15) is 0 Å². The molecule has 1 aromatic rings. The van der Waals surface area contributed by atoms with Crippen LogP contribution in [0.25, 0.3) is 6.08 Å². The molecule has 0 aromatic carbocycles. The normalized spacial score (nSPS) is 26.8. The Kier molecular flexibility index (Phi) is 5.38. The molecule has 1 aliphatic carbocycles. The maximum Gasteiger partial charge on any atom is 0.244 e. The van der Waals surface area contributed by atoms with Gasteiger partial charge in [0.15, 0.2) is 0 Å². The van der Waals surface area contributed by atoms with Crippen LogP contribution in [0.3, 0.4) is 0 Å². The Morgan fingerprint density at radius 2 is 2.30 bits per heavy atom. The Labute approximate surface area is 124 Å². The first-order valence-electron chi connectivity index (χ1n) is 7.33. The number of aliphatic hydroxyl groups is 1. The molecule has 0 spiro atoms. The third kappa shape index (κ3) is 4.46. The Morgan fingerprint density at radius 3 is 2.90 bits per heavy atom. The van der Waals surface area contributed by atoms with Crippen molar-refractivity contribution in [2.75, 3.05) is 6.54 Å². The molecule has 0 atom stereocenters. The van der Waals surface area contributed by atoms with E-state index in [1.165, 1.54) is 12.5 Å². The van der Waals surface area contributed by atoms with Gasteiger partial charge in [-0.05, 0) is 49.1 Å². The van der Waals surface area contributed by atoms with Gasteiger partial charge in [-0.3, -0.25) is 4.79 Å². The van der Waals surface area contributed by atoms with Crippen molar-refractivity contribution in [3.05, 3.63) is 28.5 Å². The zero-order chi connectivity index (χ0) is 14.4. The van der Waals surface area contributed by atoms with E-state index in [-0.39, 0.29) is 5.91 Å². The van der Waals surface area contributed by atoms with Crippen LogP contribution in [-0.2, 0) is 4.79 Å². The molecule has 2 rings (SSSR count). The summed E-state index contributed by atoms with van der Waals surface area (Å²) in [5, 5.41) is 15.2. The highest BCUT2D eigenvalue weighted by atomic mass is 32.1. The molecule has 1 amide bonds. The fourth-order valence-corrected chi connectivity index (χ4v) is 3.27. The lowest BCUT2D eigenvalue weighted by molar-refractivity contribution is -0.118. The van der Waals surface area contributed by atoms with Crippen molar-refractivity contribution in [3.8, 4) is 0 Å². The summed E-state index contributed by atoms with van der Waals surface area (Å²) in [7, 11) is 0. The van der Waals surface area contributed by atoms with Crippen LogP contribution in [0.15, 0.2) is 23.6 Å². The molecule has 3 nitrogen and oxygen atoms in total. The Hall–Kier alpha value is -1.13. The molecule has 0 bridgehead atoms. The number of thiophene rings is 1. The monoisotopic (exact) mass is 293 g/mol. The van der Waals surface area contributed by atoms with Gasteiger partial charge in [-0.25, -0.2) is 0 Å². The van der Waals surface area contributed by atoms with Crippen LogP contribution in [0, 0.1) is 5.92 Å². The van der Waals surface area contributed by atoms with Crippen LogP contribution in [-0.4, -0.2) is 23.2 Å². The molecule has 1 fully saturated rings. The fraction of sp³-hybridized carbons (Fsp3) is 0.562. The highest BCUT2D eigenvalue weighted by molar-refractivity contribution is 7.10. The fourth-order valence-electron chi connectivity index (χ4n) is 2.65. The van der Waals surface area contributed by atoms with Gasteiger partial charge in [0.1, 0.15) is 0 Å². The summed E-state index contributed by atoms with van der Waals surface area (Å²) in [6.07, 6.45) is 8.24. The molecule has 1 heterocycles. The van der Waals surface area contributed by atoms with E-state index in [4.69, 9.17) is 0 Å². The first-order chi connectivity index (χ1) is 9.61. The van der Waals surface area contributed by atoms with Gasteiger partial charge in [0, 0.05) is 17.5 Å². The standard InChI is InChI=1S/C16H23NO2S/c1-2-13-7-9-16(19,10-8-13)12-17-15(18)6-5-14-4-3-11-20-14/h3-6,11,13,19H,2,7-10,12H2,1H3,(H,17,18). The highest BCUT2D eigenvalue weighted by Gasteiger charge is 2.32. The molecule has 20 heavy (non-hydrogen) atoms. The average Bonchev–Trinajstić information content (AvgIpc) is 2.97. The van der Waals surface area contributed by atoms with Gasteiger partial charge >= 0.3 is 0 Å². The number of nitrogens with one attached hydrogen (secondary N) is 1. The van der Waals surface area contributed by atoms with E-state index >= 15 is 0 Å². The largest absolute Gasteiger partial charge is 0.388 e. The number of carbonyl (C=O) groups excluding carboxylic acids is 1. The second kappa shape index (κ2) is 7.04. The molecule has 4 heteroatoms. The molecule has 0 radical (unpaired) electrons. The summed E-state index contributed by atoms with van der Waals surface area (Å²) in [5.41, 5.74) is -0.710. The molecule has 0 unspecified atom stereocenters. The van der Waals surface area contributed by atoms with E-state index in [0.29, 0.717) is 6.54 Å². The Morgan fingerprint density at radius 1 is 1.55 bits per heavy atom. The lowest BCUT2D eigenvalue weighted by Gasteiger charge is -2.35. The summed E-state index contributed by atoms with van der Waals surface area (Å²) in [5.74, 6) is 0.606. The number of amides is 1. The molecular weight excluding hydrogens is 270 g/mol. The molecule has 2 N–H and O–H groups in total. The lowest BCUT2D eigenvalue weighted by atomic mass is 9.78. The van der Waals surface area contributed by atoms with Gasteiger partial charge in [0.2, 0.25) is 5.91 Å². The Bertz CT molecular complexity index is 445. The van der Waals surface area contributed by atoms with Crippen molar-refractivity contribution in [1.29, 1.82) is 0 Å². The van der Waals surface area contributed by atoms with Gasteiger partial charge in [0.25, 0.3) is 0 Å². The quantitative estimate of drug-likeness (QED) is 0.819. The summed E-state index contributed by atoms with van der Waals surface area (Å²) in [6, 6.07) is 3.92. The van der Waals surface area contributed by atoms with Gasteiger partial charge in [0.05, 0.1) is 5.60 Å². The van der Waals surface area contributed by atoms with E-state index < -0.39 is 5.60 Å². The van der Waals surface area contributed by atoms with E-state index in [1.54, 1.807) is 17.4 Å². The van der Waals surface area contributed by atoms with Crippen molar-refractivity contribution < 1.29 is 9.90 Å². The molecule has 1 saturated carbocycles. The van der Waals surface area contributed by atoms with Crippen LogP contribution < -0.4 is 5.32 Å². The minimum atomic E-state index is -0.710. The SMILES string of the molecule is CCC1CCC(O)(CNC(=O)C=Cc2cccs2)CC1. The predicted molar refractivity (Wildman–Crippen MR) is 83.6 cm³/mol. The lowest BCUT2D eigenvalue weighted by Crippen LogP contribution is -2.45. The summed E-state index contributed by atoms with van der Waals surface area (Å²) in [6.45, 7) is 2.56. The minimum absolute atomic E-state index is 0.135. The molecule has 0 aliphatic heterocycles. The maximum atomic E-state index is 11.7. The van der Waals surface area contributed by atoms with Crippen LogP contribution >= 0.6 is 11.3 Å². The summed E-state index contributed by atoms with van der Waals surface area (Å²) >= 11 is 1.60. The number of hydrogen-bond acceptors (Lipinski definition) is 3. The second-order valence-corrected chi connectivity index (χ2v) is 6.62. The van der Waals surface area contributed by atoms with Crippen molar-refractivity contribution in [3.63, 3.8) is 0 Å². The summed E-state index contributed by atoms with van der Waals surface area (Å²) in [4.78, 5) is 12.8. The molecule has 0 saturated heterocycles. The van der Waals surface area contributed by atoms with E-state index in [0.717, 1.165) is 36.5 Å². The van der Waals surface area contributed by atoms with Crippen molar-refractivity contribution in [1.82, 2.24) is 5.32 Å². The zero-order valence-electron chi connectivity index (χ0n) is 12.0. The minimum Gasteiger partial charge on any atom is -0.388 e. The third-order valence-corrected chi connectivity index (χ3v) is 4.98. The van der Waals surface area contributed by atoms with Crippen LogP contribution in [0.4, 0.5) is 0 Å². The highest BCUT2D eigenvalue weighted by Crippen LogP contribution is 2.33. The smallest absolute Gasteiger partial charge is 0.244 e. The van der Waals surface area contributed by atoms with Crippen molar-refractivity contribution >= 4 is 23.3 Å². The maximum absolute atomic E-state index is 11.7. The van der Waals surface area contributed by atoms with Gasteiger partial charge in [-0.1, -0.05) is 19.4 Å². The van der Waals surface area contributed by atoms with Gasteiger partial charge in [-0.15, -0.1) is 11.3 Å². The molecule has 1 aliphatic rings. The van der Waals surface area contributed by atoms with E-state index in [9.17, 15) is 9.90 Å². The Balaban J connectivity index is 1.75. The molecular formula is C16H23NO2S. The van der Waals surface area contributed by atoms with Crippen molar-refractivity contribution in [2.45, 2.75) is 44.6 Å². The second-order valence-electron chi connectivity index (χ2n) is 5.64. The van der Waals surface area contributed by atoms with Gasteiger partial charge < -0.3 is 10.4 Å². The van der Waals surface area contributed by atoms with Crippen LogP contribution in [0.1, 0.15) is 43.9 Å². The topological polar surface area (TPSA) is 49.3 Å². The molecule has 110 valence electrons. The number of hydrogen-bond donors (Lipinski definition) is 2. The zero-order valence-corrected chi connectivity index (χ0v) is 12.8. The average molecular weight is 293 g/mol. The number of rotatable bonds is 5. The number of carbonyl (C=O) groups is 1. The first-order valence-corrected chi connectivity index (χ1v) is 8.21. The van der Waals surface area contributed by atoms with Crippen molar-refractivity contribution in [2.24, 2.45) is 5.92 Å². The molecule has 1 aromatic heterocycles. The third-order valence-electron chi connectivity index (χ3n) is 4.15. The van der Waals surface area contributed by atoms with Crippen LogP contribution in [0.2, 0.25) is 0 Å². The first kappa shape index (κ1) is 15.3. The predicted octanol–water partition coefficient (Wildman–Crippen LogP) is 3.21.